The molecular weight excluding hydrogens is 353 g/mol. The van der Waals surface area contributed by atoms with E-state index in [4.69, 9.17) is 10.5 Å². The summed E-state index contributed by atoms with van der Waals surface area (Å²) in [4.78, 5) is 36.3. The molecule has 9 heteroatoms. The molecule has 1 saturated heterocycles. The Hall–Kier alpha value is -2.58. The van der Waals surface area contributed by atoms with Crippen molar-refractivity contribution in [3.8, 4) is 0 Å². The zero-order chi connectivity index (χ0) is 19.3. The fourth-order valence-electron chi connectivity index (χ4n) is 2.72. The molecule has 2 N–H and O–H groups in total. The summed E-state index contributed by atoms with van der Waals surface area (Å²) in [5, 5.41) is 0. The van der Waals surface area contributed by atoms with Gasteiger partial charge in [-0.2, -0.15) is 13.2 Å². The minimum absolute atomic E-state index is 0.152. The molecule has 1 aliphatic heterocycles. The molecule has 0 spiro atoms. The Morgan fingerprint density at radius 1 is 1.19 bits per heavy atom. The van der Waals surface area contributed by atoms with Gasteiger partial charge >= 0.3 is 12.1 Å². The van der Waals surface area contributed by atoms with Crippen molar-refractivity contribution in [3.63, 3.8) is 0 Å². The number of amides is 2. The van der Waals surface area contributed by atoms with Gasteiger partial charge in [0.1, 0.15) is 0 Å². The van der Waals surface area contributed by atoms with Crippen LogP contribution in [0, 0.1) is 5.92 Å². The molecule has 2 amide bonds. The lowest BCUT2D eigenvalue weighted by Crippen LogP contribution is -2.43. The maximum absolute atomic E-state index is 12.6. The lowest BCUT2D eigenvalue weighted by Gasteiger charge is -2.30. The van der Waals surface area contributed by atoms with Crippen molar-refractivity contribution in [1.29, 1.82) is 0 Å². The van der Waals surface area contributed by atoms with E-state index in [1.165, 1.54) is 17.0 Å². The third-order valence-electron chi connectivity index (χ3n) is 4.21. The summed E-state index contributed by atoms with van der Waals surface area (Å²) in [6.45, 7) is 0.203. The molecule has 0 aromatic heterocycles. The Labute approximate surface area is 148 Å². The van der Waals surface area contributed by atoms with Gasteiger partial charge in [-0.3, -0.25) is 14.4 Å². The Balaban J connectivity index is 1.80. The number of halogens is 3. The molecule has 0 atom stereocenters. The van der Waals surface area contributed by atoms with Crippen LogP contribution in [0.2, 0.25) is 0 Å². The first-order chi connectivity index (χ1) is 12.2. The van der Waals surface area contributed by atoms with Gasteiger partial charge in [0, 0.05) is 19.0 Å². The number of hydrogen-bond donors (Lipinski definition) is 1. The fourth-order valence-corrected chi connectivity index (χ4v) is 2.72. The minimum atomic E-state index is -4.49. The maximum Gasteiger partial charge on any atom is 0.416 e. The van der Waals surface area contributed by atoms with Crippen LogP contribution in [0.15, 0.2) is 24.3 Å². The number of esters is 1. The molecule has 1 aromatic rings. The van der Waals surface area contributed by atoms with Crippen LogP contribution in [0.25, 0.3) is 0 Å². The lowest BCUT2D eigenvalue weighted by atomic mass is 9.96. The highest BCUT2D eigenvalue weighted by molar-refractivity contribution is 5.82. The molecule has 1 fully saturated rings. The number of nitrogens with two attached hydrogens (primary N) is 1. The van der Waals surface area contributed by atoms with Crippen molar-refractivity contribution in [2.24, 2.45) is 11.7 Å². The SMILES string of the molecule is NC(=O)C1CCN(C(=O)COC(=O)Cc2cccc(C(F)(F)F)c2)CC1. The smallest absolute Gasteiger partial charge is 0.416 e. The molecule has 142 valence electrons. The van der Waals surface area contributed by atoms with Crippen LogP contribution in [0.5, 0.6) is 0 Å². The molecule has 1 aromatic carbocycles. The largest absolute Gasteiger partial charge is 0.455 e. The normalized spacial score (nSPS) is 15.6. The molecule has 2 rings (SSSR count). The number of alkyl halides is 3. The van der Waals surface area contributed by atoms with E-state index in [1.54, 1.807) is 0 Å². The van der Waals surface area contributed by atoms with Crippen LogP contribution in [0.3, 0.4) is 0 Å². The second-order valence-electron chi connectivity index (χ2n) is 6.09. The lowest BCUT2D eigenvalue weighted by molar-refractivity contribution is -0.152. The molecule has 1 aliphatic rings. The number of hydrogen-bond acceptors (Lipinski definition) is 4. The number of benzene rings is 1. The van der Waals surface area contributed by atoms with Crippen LogP contribution in [0.1, 0.15) is 24.0 Å². The topological polar surface area (TPSA) is 89.7 Å². The van der Waals surface area contributed by atoms with E-state index in [-0.39, 0.29) is 17.9 Å². The number of carbonyl (C=O) groups is 3. The average Bonchev–Trinajstić information content (AvgIpc) is 2.59. The van der Waals surface area contributed by atoms with Crippen molar-refractivity contribution in [2.45, 2.75) is 25.4 Å². The van der Waals surface area contributed by atoms with E-state index in [2.05, 4.69) is 0 Å². The Bertz CT molecular complexity index is 683. The molecule has 0 saturated carbocycles. The van der Waals surface area contributed by atoms with Gasteiger partial charge < -0.3 is 15.4 Å². The predicted molar refractivity (Wildman–Crippen MR) is 84.6 cm³/mol. The minimum Gasteiger partial charge on any atom is -0.455 e. The van der Waals surface area contributed by atoms with Gasteiger partial charge in [0.15, 0.2) is 6.61 Å². The number of nitrogens with zero attached hydrogens (tertiary/aromatic N) is 1. The zero-order valence-electron chi connectivity index (χ0n) is 13.9. The molecule has 26 heavy (non-hydrogen) atoms. The highest BCUT2D eigenvalue weighted by Gasteiger charge is 2.30. The van der Waals surface area contributed by atoms with Crippen molar-refractivity contribution < 1.29 is 32.3 Å². The number of primary amides is 1. The molecular formula is C17H19F3N2O4. The van der Waals surface area contributed by atoms with Crippen molar-refractivity contribution >= 4 is 17.8 Å². The van der Waals surface area contributed by atoms with E-state index in [9.17, 15) is 27.6 Å². The number of ether oxygens (including phenoxy) is 1. The van der Waals surface area contributed by atoms with Crippen LogP contribution >= 0.6 is 0 Å². The van der Waals surface area contributed by atoms with Crippen molar-refractivity contribution in [2.75, 3.05) is 19.7 Å². The van der Waals surface area contributed by atoms with Gasteiger partial charge in [0.05, 0.1) is 12.0 Å². The standard InChI is InChI=1S/C17H19F3N2O4/c18-17(19,20)13-3-1-2-11(8-13)9-15(24)26-10-14(23)22-6-4-12(5-7-22)16(21)25/h1-3,8,12H,4-7,9-10H2,(H2,21,25). The Kier molecular flexibility index (Phi) is 6.23. The molecule has 0 bridgehead atoms. The summed E-state index contributed by atoms with van der Waals surface area (Å²) in [6.07, 6.45) is -3.94. The second-order valence-corrected chi connectivity index (χ2v) is 6.09. The number of carbonyl (C=O) groups excluding carboxylic acids is 3. The van der Waals surface area contributed by atoms with Crippen LogP contribution < -0.4 is 5.73 Å². The zero-order valence-corrected chi connectivity index (χ0v) is 13.9. The first-order valence-electron chi connectivity index (χ1n) is 8.05. The first kappa shape index (κ1) is 19.7. The van der Waals surface area contributed by atoms with Gasteiger partial charge in [-0.05, 0) is 24.5 Å². The van der Waals surface area contributed by atoms with Crippen molar-refractivity contribution in [3.05, 3.63) is 35.4 Å². The third kappa shape index (κ3) is 5.47. The molecule has 0 aliphatic carbocycles. The number of piperidine rings is 1. The van der Waals surface area contributed by atoms with Crippen LogP contribution in [-0.4, -0.2) is 42.4 Å². The van der Waals surface area contributed by atoms with Gasteiger partial charge in [0.2, 0.25) is 5.91 Å². The van der Waals surface area contributed by atoms with E-state index in [0.717, 1.165) is 12.1 Å². The summed E-state index contributed by atoms with van der Waals surface area (Å²) >= 11 is 0. The monoisotopic (exact) mass is 372 g/mol. The van der Waals surface area contributed by atoms with Gasteiger partial charge in [-0.15, -0.1) is 0 Å². The van der Waals surface area contributed by atoms with E-state index >= 15 is 0 Å². The Morgan fingerprint density at radius 3 is 2.42 bits per heavy atom. The highest BCUT2D eigenvalue weighted by Crippen LogP contribution is 2.29. The predicted octanol–water partition coefficient (Wildman–Crippen LogP) is 1.52. The van der Waals surface area contributed by atoms with E-state index in [1.807, 2.05) is 0 Å². The van der Waals surface area contributed by atoms with Gasteiger partial charge in [0.25, 0.3) is 5.91 Å². The van der Waals surface area contributed by atoms with Gasteiger partial charge in [-0.25, -0.2) is 0 Å². The molecule has 0 unspecified atom stereocenters. The number of rotatable bonds is 5. The summed E-state index contributed by atoms with van der Waals surface area (Å²) in [7, 11) is 0. The van der Waals surface area contributed by atoms with E-state index in [0.29, 0.717) is 25.9 Å². The maximum atomic E-state index is 12.6. The van der Waals surface area contributed by atoms with Gasteiger partial charge in [-0.1, -0.05) is 18.2 Å². The summed E-state index contributed by atoms with van der Waals surface area (Å²) in [5.41, 5.74) is 4.52. The first-order valence-corrected chi connectivity index (χ1v) is 8.05. The van der Waals surface area contributed by atoms with Crippen LogP contribution in [-0.2, 0) is 31.7 Å². The molecule has 6 nitrogen and oxygen atoms in total. The summed E-state index contributed by atoms with van der Waals surface area (Å²) in [5.74, 6) is -1.86. The molecule has 0 radical (unpaired) electrons. The van der Waals surface area contributed by atoms with Crippen molar-refractivity contribution in [1.82, 2.24) is 4.90 Å². The molecule has 1 heterocycles. The summed E-state index contributed by atoms with van der Waals surface area (Å²) < 4.78 is 42.8. The second kappa shape index (κ2) is 8.20. The third-order valence-corrected chi connectivity index (χ3v) is 4.21. The fraction of sp³-hybridized carbons (Fsp3) is 0.471. The van der Waals surface area contributed by atoms with E-state index < -0.39 is 36.1 Å². The van der Waals surface area contributed by atoms with Crippen LogP contribution in [0.4, 0.5) is 13.2 Å². The highest BCUT2D eigenvalue weighted by atomic mass is 19.4. The quantitative estimate of drug-likeness (QED) is 0.794. The summed E-state index contributed by atoms with van der Waals surface area (Å²) in [6, 6.07) is 4.37. The Morgan fingerprint density at radius 2 is 1.85 bits per heavy atom. The number of likely N-dealkylation sites (tertiary alicyclic amines) is 1. The average molecular weight is 372 g/mol.